The summed E-state index contributed by atoms with van der Waals surface area (Å²) in [5, 5.41) is 4.17. The lowest BCUT2D eigenvalue weighted by atomic mass is 10.1. The Kier molecular flexibility index (Phi) is 6.71. The normalized spacial score (nSPS) is 12.4. The zero-order chi connectivity index (χ0) is 12.7. The summed E-state index contributed by atoms with van der Waals surface area (Å²) in [6.45, 7) is 9.12. The molecular formula is C14H20ClNS. The van der Waals surface area contributed by atoms with Gasteiger partial charge in [0, 0.05) is 21.7 Å². The third-order valence-electron chi connectivity index (χ3n) is 2.48. The molecule has 1 nitrogen and oxygen atoms in total. The van der Waals surface area contributed by atoms with Gasteiger partial charge in [-0.2, -0.15) is 0 Å². The molecule has 94 valence electrons. The van der Waals surface area contributed by atoms with Crippen LogP contribution in [0.1, 0.15) is 31.9 Å². The molecular weight excluding hydrogens is 250 g/mol. The molecule has 1 aromatic carbocycles. The van der Waals surface area contributed by atoms with Crippen LogP contribution in [-0.4, -0.2) is 12.3 Å². The highest BCUT2D eigenvalue weighted by Crippen LogP contribution is 2.23. The summed E-state index contributed by atoms with van der Waals surface area (Å²) in [6, 6.07) is 9.05. The Morgan fingerprint density at radius 2 is 2.06 bits per heavy atom. The van der Waals surface area contributed by atoms with Gasteiger partial charge in [0.2, 0.25) is 0 Å². The summed E-state index contributed by atoms with van der Waals surface area (Å²) < 4.78 is 0. The molecule has 1 N–H and O–H groups in total. The maximum absolute atomic E-state index is 5.74. The van der Waals surface area contributed by atoms with E-state index in [9.17, 15) is 0 Å². The lowest BCUT2D eigenvalue weighted by Crippen LogP contribution is -2.19. The number of benzene rings is 1. The second-order valence-corrected chi connectivity index (χ2v) is 5.63. The Balaban J connectivity index is 2.51. The number of rotatable bonds is 7. The van der Waals surface area contributed by atoms with Crippen molar-refractivity contribution >= 4 is 23.4 Å². The van der Waals surface area contributed by atoms with Crippen LogP contribution < -0.4 is 5.32 Å². The standard InChI is InChI=1S/C14H20ClNS/c1-4-9-16-12(3)13-5-7-14(8-6-13)17-10-11(2)15/h5-8,12,16H,2,4,9-10H2,1,3H3. The van der Waals surface area contributed by atoms with E-state index in [-0.39, 0.29) is 0 Å². The molecule has 0 fully saturated rings. The lowest BCUT2D eigenvalue weighted by molar-refractivity contribution is 0.570. The van der Waals surface area contributed by atoms with Gasteiger partial charge in [0.15, 0.2) is 0 Å². The fourth-order valence-corrected chi connectivity index (χ4v) is 2.31. The highest BCUT2D eigenvalue weighted by atomic mass is 35.5. The van der Waals surface area contributed by atoms with E-state index < -0.39 is 0 Å². The fourth-order valence-electron chi connectivity index (χ4n) is 1.49. The Hall–Kier alpha value is -0.440. The first-order chi connectivity index (χ1) is 8.13. The van der Waals surface area contributed by atoms with Crippen molar-refractivity contribution in [2.45, 2.75) is 31.2 Å². The third kappa shape index (κ3) is 5.62. The fraction of sp³-hybridized carbons (Fsp3) is 0.429. The topological polar surface area (TPSA) is 12.0 Å². The van der Waals surface area contributed by atoms with Gasteiger partial charge in [-0.15, -0.1) is 11.8 Å². The summed E-state index contributed by atoms with van der Waals surface area (Å²) in [6.07, 6.45) is 1.16. The molecule has 0 aliphatic heterocycles. The minimum absolute atomic E-state index is 0.414. The van der Waals surface area contributed by atoms with Crippen LogP contribution in [0.15, 0.2) is 40.8 Å². The zero-order valence-electron chi connectivity index (χ0n) is 10.5. The monoisotopic (exact) mass is 269 g/mol. The van der Waals surface area contributed by atoms with Crippen LogP contribution in [0.2, 0.25) is 0 Å². The molecule has 0 heterocycles. The van der Waals surface area contributed by atoms with Crippen molar-refractivity contribution < 1.29 is 0 Å². The van der Waals surface area contributed by atoms with E-state index in [0.29, 0.717) is 11.1 Å². The van der Waals surface area contributed by atoms with Crippen molar-refractivity contribution in [1.29, 1.82) is 0 Å². The van der Waals surface area contributed by atoms with Crippen LogP contribution in [0.4, 0.5) is 0 Å². The summed E-state index contributed by atoms with van der Waals surface area (Å²) in [5.41, 5.74) is 1.33. The van der Waals surface area contributed by atoms with E-state index in [1.165, 1.54) is 10.5 Å². The van der Waals surface area contributed by atoms with Gasteiger partial charge in [-0.1, -0.05) is 37.2 Å². The van der Waals surface area contributed by atoms with Crippen LogP contribution in [0, 0.1) is 0 Å². The summed E-state index contributed by atoms with van der Waals surface area (Å²) in [4.78, 5) is 1.23. The Morgan fingerprint density at radius 3 is 2.59 bits per heavy atom. The van der Waals surface area contributed by atoms with E-state index in [0.717, 1.165) is 18.7 Å². The average Bonchev–Trinajstić information content (AvgIpc) is 2.34. The van der Waals surface area contributed by atoms with Gasteiger partial charge in [-0.05, 0) is 37.6 Å². The summed E-state index contributed by atoms with van der Waals surface area (Å²) in [5.74, 6) is 0.768. The van der Waals surface area contributed by atoms with Gasteiger partial charge in [0.25, 0.3) is 0 Å². The molecule has 0 bridgehead atoms. The number of nitrogens with one attached hydrogen (secondary N) is 1. The molecule has 1 atom stereocenters. The van der Waals surface area contributed by atoms with E-state index in [2.05, 4.69) is 50.0 Å². The SMILES string of the molecule is C=C(Cl)CSc1ccc(C(C)NCCC)cc1. The quantitative estimate of drug-likeness (QED) is 0.727. The lowest BCUT2D eigenvalue weighted by Gasteiger charge is -2.13. The van der Waals surface area contributed by atoms with E-state index in [1.807, 2.05) is 0 Å². The van der Waals surface area contributed by atoms with E-state index in [1.54, 1.807) is 11.8 Å². The first-order valence-electron chi connectivity index (χ1n) is 5.93. The van der Waals surface area contributed by atoms with Crippen molar-refractivity contribution in [3.8, 4) is 0 Å². The van der Waals surface area contributed by atoms with Crippen LogP contribution in [0.3, 0.4) is 0 Å². The van der Waals surface area contributed by atoms with Crippen LogP contribution in [0.25, 0.3) is 0 Å². The van der Waals surface area contributed by atoms with Crippen molar-refractivity contribution in [2.75, 3.05) is 12.3 Å². The number of hydrogen-bond acceptors (Lipinski definition) is 2. The second-order valence-electron chi connectivity index (χ2n) is 4.05. The smallest absolute Gasteiger partial charge is 0.0334 e. The minimum atomic E-state index is 0.414. The molecule has 0 aliphatic carbocycles. The van der Waals surface area contributed by atoms with Crippen molar-refractivity contribution in [1.82, 2.24) is 5.32 Å². The summed E-state index contributed by atoms with van der Waals surface area (Å²) >= 11 is 7.46. The first kappa shape index (κ1) is 14.6. The van der Waals surface area contributed by atoms with Crippen LogP contribution in [0.5, 0.6) is 0 Å². The van der Waals surface area contributed by atoms with Gasteiger partial charge in [-0.25, -0.2) is 0 Å². The molecule has 0 spiro atoms. The molecule has 1 aromatic rings. The Labute approximate surface area is 114 Å². The number of halogens is 1. The molecule has 0 saturated heterocycles. The molecule has 0 aliphatic rings. The Bertz CT molecular complexity index is 348. The van der Waals surface area contributed by atoms with E-state index >= 15 is 0 Å². The van der Waals surface area contributed by atoms with Gasteiger partial charge >= 0.3 is 0 Å². The van der Waals surface area contributed by atoms with Gasteiger partial charge in [-0.3, -0.25) is 0 Å². The van der Waals surface area contributed by atoms with Crippen molar-refractivity contribution in [3.05, 3.63) is 41.4 Å². The molecule has 0 amide bonds. The second kappa shape index (κ2) is 7.80. The van der Waals surface area contributed by atoms with E-state index in [4.69, 9.17) is 11.6 Å². The van der Waals surface area contributed by atoms with Gasteiger partial charge < -0.3 is 5.32 Å². The van der Waals surface area contributed by atoms with Crippen molar-refractivity contribution in [2.24, 2.45) is 0 Å². The zero-order valence-corrected chi connectivity index (χ0v) is 12.1. The highest BCUT2D eigenvalue weighted by Gasteiger charge is 2.03. The number of hydrogen-bond donors (Lipinski definition) is 1. The maximum Gasteiger partial charge on any atom is 0.0334 e. The van der Waals surface area contributed by atoms with Crippen molar-refractivity contribution in [3.63, 3.8) is 0 Å². The molecule has 17 heavy (non-hydrogen) atoms. The van der Waals surface area contributed by atoms with Crippen LogP contribution >= 0.6 is 23.4 Å². The third-order valence-corrected chi connectivity index (χ3v) is 3.87. The molecule has 0 aromatic heterocycles. The predicted molar refractivity (Wildman–Crippen MR) is 78.9 cm³/mol. The van der Waals surface area contributed by atoms with Gasteiger partial charge in [0.05, 0.1) is 0 Å². The highest BCUT2D eigenvalue weighted by molar-refractivity contribution is 7.99. The Morgan fingerprint density at radius 1 is 1.41 bits per heavy atom. The maximum atomic E-state index is 5.74. The van der Waals surface area contributed by atoms with Gasteiger partial charge in [0.1, 0.15) is 0 Å². The predicted octanol–water partition coefficient (Wildman–Crippen LogP) is 4.59. The molecule has 0 saturated carbocycles. The average molecular weight is 270 g/mol. The van der Waals surface area contributed by atoms with Crippen LogP contribution in [-0.2, 0) is 0 Å². The largest absolute Gasteiger partial charge is 0.310 e. The molecule has 0 radical (unpaired) electrons. The molecule has 1 unspecified atom stereocenters. The molecule has 3 heteroatoms. The molecule has 1 rings (SSSR count). The first-order valence-corrected chi connectivity index (χ1v) is 7.29. The number of thioether (sulfide) groups is 1. The summed E-state index contributed by atoms with van der Waals surface area (Å²) in [7, 11) is 0. The minimum Gasteiger partial charge on any atom is -0.310 e.